The molecule has 1 aliphatic carbocycles. The minimum Gasteiger partial charge on any atom is -0.341 e. The van der Waals surface area contributed by atoms with Crippen LogP contribution >= 0.6 is 0 Å². The van der Waals surface area contributed by atoms with E-state index in [-0.39, 0.29) is 0 Å². The topological polar surface area (TPSA) is 29.3 Å². The first-order chi connectivity index (χ1) is 11.4. The van der Waals surface area contributed by atoms with Gasteiger partial charge in [-0.2, -0.15) is 0 Å². The van der Waals surface area contributed by atoms with Crippen LogP contribution in [-0.2, 0) is 12.8 Å². The molecule has 2 aromatic carbocycles. The third-order valence-corrected chi connectivity index (χ3v) is 5.52. The number of hydrogen-bond donors (Lipinski definition) is 1. The molecule has 0 unspecified atom stereocenters. The lowest BCUT2D eigenvalue weighted by atomic mass is 9.82. The molecule has 0 fully saturated rings. The molecule has 4 rings (SSSR count). The van der Waals surface area contributed by atoms with E-state index in [4.69, 9.17) is 5.73 Å². The zero-order valence-corrected chi connectivity index (χ0v) is 13.8. The monoisotopic (exact) mass is 306 g/mol. The van der Waals surface area contributed by atoms with Crippen molar-refractivity contribution in [2.24, 2.45) is 5.73 Å². The van der Waals surface area contributed by atoms with E-state index in [1.165, 1.54) is 66.6 Å². The molecular formula is C21H26N2. The van der Waals surface area contributed by atoms with Gasteiger partial charge in [-0.1, -0.05) is 24.3 Å². The van der Waals surface area contributed by atoms with Crippen LogP contribution in [0.1, 0.15) is 48.3 Å². The maximum absolute atomic E-state index is 5.97. The van der Waals surface area contributed by atoms with Crippen LogP contribution in [0.15, 0.2) is 42.5 Å². The number of benzene rings is 2. The summed E-state index contributed by atoms with van der Waals surface area (Å²) < 4.78 is 0. The Kier molecular flexibility index (Phi) is 4.09. The summed E-state index contributed by atoms with van der Waals surface area (Å²) >= 11 is 0. The molecule has 2 N–H and O–H groups in total. The highest BCUT2D eigenvalue weighted by Crippen LogP contribution is 2.37. The Bertz CT molecular complexity index is 692. The van der Waals surface area contributed by atoms with Crippen LogP contribution in [0.25, 0.3) is 0 Å². The van der Waals surface area contributed by atoms with Crippen molar-refractivity contribution in [3.8, 4) is 0 Å². The Morgan fingerprint density at radius 3 is 2.74 bits per heavy atom. The van der Waals surface area contributed by atoms with Gasteiger partial charge in [0.1, 0.15) is 0 Å². The van der Waals surface area contributed by atoms with E-state index in [1.54, 1.807) is 0 Å². The summed E-state index contributed by atoms with van der Waals surface area (Å²) in [6.07, 6.45) is 7.47. The molecule has 0 aromatic heterocycles. The van der Waals surface area contributed by atoms with Crippen LogP contribution in [0.3, 0.4) is 0 Å². The molecule has 1 atom stereocenters. The predicted molar refractivity (Wildman–Crippen MR) is 97.6 cm³/mol. The number of fused-ring (bicyclic) bond motifs is 2. The third kappa shape index (κ3) is 2.76. The standard InChI is InChI=1S/C21H26N2/c22-15-18-9-5-8-17-14-19(11-12-20(17)18)23-13-4-3-7-16-6-1-2-10-21(16)23/h1-2,6,10-12,14,18H,3-5,7-9,13,15,22H2/t18-/m0/s1. The van der Waals surface area contributed by atoms with Crippen molar-refractivity contribution in [2.75, 3.05) is 18.0 Å². The van der Waals surface area contributed by atoms with Gasteiger partial charge in [0, 0.05) is 17.9 Å². The number of aryl methyl sites for hydroxylation is 2. The lowest BCUT2D eigenvalue weighted by molar-refractivity contribution is 0.560. The summed E-state index contributed by atoms with van der Waals surface area (Å²) in [6, 6.07) is 16.0. The average molecular weight is 306 g/mol. The highest BCUT2D eigenvalue weighted by molar-refractivity contribution is 5.68. The van der Waals surface area contributed by atoms with Gasteiger partial charge in [-0.15, -0.1) is 0 Å². The molecule has 23 heavy (non-hydrogen) atoms. The zero-order chi connectivity index (χ0) is 15.6. The van der Waals surface area contributed by atoms with Crippen molar-refractivity contribution in [2.45, 2.75) is 44.4 Å². The van der Waals surface area contributed by atoms with Gasteiger partial charge < -0.3 is 10.6 Å². The molecule has 1 aliphatic heterocycles. The first kappa shape index (κ1) is 14.8. The summed E-state index contributed by atoms with van der Waals surface area (Å²) in [7, 11) is 0. The smallest absolute Gasteiger partial charge is 0.0443 e. The average Bonchev–Trinajstić information content (AvgIpc) is 2.83. The van der Waals surface area contributed by atoms with Crippen molar-refractivity contribution in [3.05, 3.63) is 59.2 Å². The number of hydrogen-bond acceptors (Lipinski definition) is 2. The second kappa shape index (κ2) is 6.37. The van der Waals surface area contributed by atoms with E-state index < -0.39 is 0 Å². The van der Waals surface area contributed by atoms with Crippen molar-refractivity contribution in [3.63, 3.8) is 0 Å². The highest BCUT2D eigenvalue weighted by Gasteiger charge is 2.22. The summed E-state index contributed by atoms with van der Waals surface area (Å²) in [5.74, 6) is 0.559. The minimum absolute atomic E-state index is 0.559. The number of rotatable bonds is 2. The molecular weight excluding hydrogens is 280 g/mol. The lowest BCUT2D eigenvalue weighted by Crippen LogP contribution is -2.21. The largest absolute Gasteiger partial charge is 0.341 e. The molecule has 2 nitrogen and oxygen atoms in total. The fourth-order valence-electron chi connectivity index (χ4n) is 4.27. The lowest BCUT2D eigenvalue weighted by Gasteiger charge is -2.29. The van der Waals surface area contributed by atoms with Gasteiger partial charge >= 0.3 is 0 Å². The summed E-state index contributed by atoms with van der Waals surface area (Å²) in [5, 5.41) is 0. The molecule has 2 aromatic rings. The van der Waals surface area contributed by atoms with Crippen LogP contribution in [-0.4, -0.2) is 13.1 Å². The van der Waals surface area contributed by atoms with Crippen LogP contribution < -0.4 is 10.6 Å². The normalized spacial score (nSPS) is 20.6. The quantitative estimate of drug-likeness (QED) is 0.882. The molecule has 0 saturated carbocycles. The molecule has 0 radical (unpaired) electrons. The predicted octanol–water partition coefficient (Wildman–Crippen LogP) is 4.54. The Labute approximate surface area is 139 Å². The van der Waals surface area contributed by atoms with Gasteiger partial charge in [0.2, 0.25) is 0 Å². The van der Waals surface area contributed by atoms with Crippen molar-refractivity contribution in [1.29, 1.82) is 0 Å². The Morgan fingerprint density at radius 1 is 0.957 bits per heavy atom. The Morgan fingerprint density at radius 2 is 1.83 bits per heavy atom. The summed E-state index contributed by atoms with van der Waals surface area (Å²) in [5.41, 5.74) is 13.2. The minimum atomic E-state index is 0.559. The van der Waals surface area contributed by atoms with E-state index in [9.17, 15) is 0 Å². The van der Waals surface area contributed by atoms with Gasteiger partial charge in [0.05, 0.1) is 0 Å². The molecule has 2 heteroatoms. The first-order valence-electron chi connectivity index (χ1n) is 9.05. The van der Waals surface area contributed by atoms with E-state index in [0.29, 0.717) is 5.92 Å². The first-order valence-corrected chi connectivity index (χ1v) is 9.05. The van der Waals surface area contributed by atoms with Crippen LogP contribution in [0, 0.1) is 0 Å². The number of nitrogens with two attached hydrogens (primary N) is 1. The van der Waals surface area contributed by atoms with Crippen molar-refractivity contribution < 1.29 is 0 Å². The summed E-state index contributed by atoms with van der Waals surface area (Å²) in [4.78, 5) is 2.52. The van der Waals surface area contributed by atoms with Gasteiger partial charge in [0.25, 0.3) is 0 Å². The molecule has 0 spiro atoms. The molecule has 0 amide bonds. The molecule has 120 valence electrons. The Hall–Kier alpha value is -1.80. The van der Waals surface area contributed by atoms with Gasteiger partial charge in [-0.25, -0.2) is 0 Å². The highest BCUT2D eigenvalue weighted by atomic mass is 15.1. The van der Waals surface area contributed by atoms with Crippen LogP contribution in [0.4, 0.5) is 11.4 Å². The second-order valence-electron chi connectivity index (χ2n) is 6.95. The van der Waals surface area contributed by atoms with Gasteiger partial charge in [0.15, 0.2) is 0 Å². The van der Waals surface area contributed by atoms with Crippen LogP contribution in [0.5, 0.6) is 0 Å². The maximum Gasteiger partial charge on any atom is 0.0443 e. The fourth-order valence-corrected chi connectivity index (χ4v) is 4.27. The molecule has 1 heterocycles. The molecule has 0 bridgehead atoms. The van der Waals surface area contributed by atoms with E-state index >= 15 is 0 Å². The van der Waals surface area contributed by atoms with E-state index in [0.717, 1.165) is 13.1 Å². The molecule has 2 aliphatic rings. The SMILES string of the molecule is NC[C@@H]1CCCc2cc(N3CCCCc4ccccc43)ccc21. The zero-order valence-electron chi connectivity index (χ0n) is 13.8. The maximum atomic E-state index is 5.97. The van der Waals surface area contributed by atoms with Crippen molar-refractivity contribution >= 4 is 11.4 Å². The Balaban J connectivity index is 1.74. The molecule has 0 saturated heterocycles. The third-order valence-electron chi connectivity index (χ3n) is 5.52. The van der Waals surface area contributed by atoms with Crippen molar-refractivity contribution in [1.82, 2.24) is 0 Å². The fraction of sp³-hybridized carbons (Fsp3) is 0.429. The van der Waals surface area contributed by atoms with Crippen LogP contribution in [0.2, 0.25) is 0 Å². The number of anilines is 2. The number of nitrogens with zero attached hydrogens (tertiary/aromatic N) is 1. The van der Waals surface area contributed by atoms with E-state index in [1.807, 2.05) is 0 Å². The van der Waals surface area contributed by atoms with E-state index in [2.05, 4.69) is 47.4 Å². The van der Waals surface area contributed by atoms with Gasteiger partial charge in [-0.05, 0) is 85.9 Å². The number of para-hydroxylation sites is 1. The van der Waals surface area contributed by atoms with Gasteiger partial charge in [-0.3, -0.25) is 0 Å². The second-order valence-corrected chi connectivity index (χ2v) is 6.95. The summed E-state index contributed by atoms with van der Waals surface area (Å²) in [6.45, 7) is 1.90.